The van der Waals surface area contributed by atoms with Gasteiger partial charge in [0.25, 0.3) is 5.91 Å². The zero-order valence-electron chi connectivity index (χ0n) is 11.8. The highest BCUT2D eigenvalue weighted by atomic mass is 35.5. The average molecular weight is 325 g/mol. The Morgan fingerprint density at radius 1 is 1.41 bits per heavy atom. The van der Waals surface area contributed by atoms with Gasteiger partial charge in [-0.25, -0.2) is 0 Å². The first-order valence-corrected chi connectivity index (χ1v) is 7.42. The summed E-state index contributed by atoms with van der Waals surface area (Å²) in [4.78, 5) is 18.3. The fraction of sp³-hybridized carbons (Fsp3) is 0.500. The monoisotopic (exact) mass is 324 g/mol. The second kappa shape index (κ2) is 5.93. The minimum Gasteiger partial charge on any atom is -0.365 e. The molecule has 0 bridgehead atoms. The Balaban J connectivity index is 2.04. The lowest BCUT2D eigenvalue weighted by Crippen LogP contribution is -2.43. The number of nitrogens with two attached hydrogens (primary N) is 2. The fourth-order valence-electron chi connectivity index (χ4n) is 2.78. The molecule has 3 rings (SSSR count). The number of nitrogens with zero attached hydrogens (tertiary/aromatic N) is 4. The van der Waals surface area contributed by atoms with Gasteiger partial charge in [0.15, 0.2) is 11.5 Å². The summed E-state index contributed by atoms with van der Waals surface area (Å²) < 4.78 is 1.57. The van der Waals surface area contributed by atoms with Gasteiger partial charge in [-0.1, -0.05) is 12.8 Å². The predicted octanol–water partition coefficient (Wildman–Crippen LogP) is 0.471. The maximum Gasteiger partial charge on any atom is 0.256 e. The van der Waals surface area contributed by atoms with Crippen molar-refractivity contribution in [1.29, 1.82) is 0 Å². The number of aromatic nitrogens is 4. The Morgan fingerprint density at radius 2 is 2.18 bits per heavy atom. The molecule has 1 aliphatic rings. The van der Waals surface area contributed by atoms with Crippen LogP contribution >= 0.6 is 11.8 Å². The van der Waals surface area contributed by atoms with Gasteiger partial charge in [0.2, 0.25) is 5.95 Å². The third kappa shape index (κ3) is 2.53. The molecule has 0 saturated heterocycles. The number of anilines is 2. The standard InChI is InChI=1S/C12H17ClN8O/c13-19-10-8(9(15)22)11-20-16-5-21(11)12(18-10)17-7-4-2-1-3-6(7)14/h5-7,19H,1-4,14H2,(H2,15,22)(H,17,18)/t6-,7+/m0/s1. The summed E-state index contributed by atoms with van der Waals surface area (Å²) in [6.45, 7) is 0. The molecule has 2 aromatic rings. The van der Waals surface area contributed by atoms with E-state index in [4.69, 9.17) is 23.2 Å². The second-order valence-corrected chi connectivity index (χ2v) is 5.53. The Hall–Kier alpha value is -2.13. The van der Waals surface area contributed by atoms with Gasteiger partial charge in [0.05, 0.1) is 0 Å². The molecule has 9 nitrogen and oxygen atoms in total. The van der Waals surface area contributed by atoms with Crippen LogP contribution in [0.1, 0.15) is 36.0 Å². The molecule has 1 amide bonds. The van der Waals surface area contributed by atoms with Crippen molar-refractivity contribution in [2.24, 2.45) is 11.5 Å². The molecule has 22 heavy (non-hydrogen) atoms. The molecule has 1 aliphatic carbocycles. The molecule has 0 aliphatic heterocycles. The number of carbonyl (C=O) groups is 1. The SMILES string of the molecule is NC(=O)c1c(NCl)nc(N[C@@H]2CCCC[C@@H]2N)n2cnnc12. The molecule has 0 unspecified atom stereocenters. The van der Waals surface area contributed by atoms with Crippen molar-refractivity contribution < 1.29 is 4.79 Å². The smallest absolute Gasteiger partial charge is 0.256 e. The minimum atomic E-state index is -0.686. The molecule has 2 aromatic heterocycles. The van der Waals surface area contributed by atoms with Gasteiger partial charge in [-0.3, -0.25) is 14.0 Å². The molecule has 2 heterocycles. The van der Waals surface area contributed by atoms with Crippen LogP contribution in [0.2, 0.25) is 0 Å². The van der Waals surface area contributed by atoms with Gasteiger partial charge in [-0.05, 0) is 12.8 Å². The summed E-state index contributed by atoms with van der Waals surface area (Å²) in [6, 6.07) is 0.139. The van der Waals surface area contributed by atoms with Gasteiger partial charge in [0, 0.05) is 23.9 Å². The molecule has 10 heteroatoms. The number of amides is 1. The molecule has 0 radical (unpaired) electrons. The van der Waals surface area contributed by atoms with Crippen LogP contribution < -0.4 is 21.6 Å². The predicted molar refractivity (Wildman–Crippen MR) is 82.6 cm³/mol. The van der Waals surface area contributed by atoms with Crippen LogP contribution in [0.15, 0.2) is 6.33 Å². The highest BCUT2D eigenvalue weighted by Gasteiger charge is 2.25. The van der Waals surface area contributed by atoms with Crippen LogP contribution in [-0.2, 0) is 0 Å². The van der Waals surface area contributed by atoms with Crippen LogP contribution in [0, 0.1) is 0 Å². The van der Waals surface area contributed by atoms with Crippen LogP contribution in [0.4, 0.5) is 11.8 Å². The number of primary amides is 1. The molecule has 1 saturated carbocycles. The third-order valence-electron chi connectivity index (χ3n) is 3.92. The van der Waals surface area contributed by atoms with Crippen molar-refractivity contribution in [3.8, 4) is 0 Å². The van der Waals surface area contributed by atoms with Crippen molar-refractivity contribution in [2.45, 2.75) is 37.8 Å². The normalized spacial score (nSPS) is 21.7. The lowest BCUT2D eigenvalue weighted by molar-refractivity contribution is 0.100. The van der Waals surface area contributed by atoms with Gasteiger partial charge < -0.3 is 16.8 Å². The van der Waals surface area contributed by atoms with Crippen molar-refractivity contribution in [2.75, 3.05) is 10.2 Å². The van der Waals surface area contributed by atoms with Crippen LogP contribution in [0.25, 0.3) is 5.65 Å². The number of hydrogen-bond donors (Lipinski definition) is 4. The number of rotatable bonds is 4. The average Bonchev–Trinajstić information content (AvgIpc) is 2.98. The number of nitrogens with one attached hydrogen (secondary N) is 2. The Labute approximate surface area is 131 Å². The van der Waals surface area contributed by atoms with Crippen LogP contribution in [0.5, 0.6) is 0 Å². The summed E-state index contributed by atoms with van der Waals surface area (Å²) in [5.41, 5.74) is 11.9. The van der Waals surface area contributed by atoms with E-state index in [0.717, 1.165) is 25.7 Å². The van der Waals surface area contributed by atoms with Crippen molar-refractivity contribution in [1.82, 2.24) is 19.6 Å². The topological polar surface area (TPSA) is 136 Å². The molecule has 0 spiro atoms. The van der Waals surface area contributed by atoms with E-state index >= 15 is 0 Å². The zero-order valence-corrected chi connectivity index (χ0v) is 12.5. The van der Waals surface area contributed by atoms with Crippen LogP contribution in [-0.4, -0.2) is 37.6 Å². The van der Waals surface area contributed by atoms with E-state index in [1.54, 1.807) is 4.40 Å². The quantitative estimate of drug-likeness (QED) is 0.600. The number of halogens is 1. The maximum atomic E-state index is 11.6. The molecule has 2 atom stereocenters. The summed E-state index contributed by atoms with van der Waals surface area (Å²) >= 11 is 5.66. The van der Waals surface area contributed by atoms with Crippen molar-refractivity contribution in [3.63, 3.8) is 0 Å². The molecule has 118 valence electrons. The van der Waals surface area contributed by atoms with Gasteiger partial charge >= 0.3 is 0 Å². The second-order valence-electron chi connectivity index (χ2n) is 5.34. The fourth-order valence-corrected chi connectivity index (χ4v) is 2.92. The van der Waals surface area contributed by atoms with Crippen molar-refractivity contribution in [3.05, 3.63) is 11.9 Å². The lowest BCUT2D eigenvalue weighted by Gasteiger charge is -2.29. The summed E-state index contributed by atoms with van der Waals surface area (Å²) in [6.07, 6.45) is 5.61. The van der Waals surface area contributed by atoms with E-state index in [2.05, 4.69) is 25.3 Å². The highest BCUT2D eigenvalue weighted by Crippen LogP contribution is 2.25. The van der Waals surface area contributed by atoms with E-state index in [0.29, 0.717) is 5.95 Å². The van der Waals surface area contributed by atoms with Gasteiger partial charge in [-0.15, -0.1) is 10.2 Å². The largest absolute Gasteiger partial charge is 0.365 e. The Kier molecular flexibility index (Phi) is 3.99. The van der Waals surface area contributed by atoms with Crippen molar-refractivity contribution >= 4 is 35.1 Å². The van der Waals surface area contributed by atoms with E-state index in [1.165, 1.54) is 6.33 Å². The molecule has 1 fully saturated rings. The molecule has 0 aromatic carbocycles. The van der Waals surface area contributed by atoms with E-state index in [-0.39, 0.29) is 29.1 Å². The maximum absolute atomic E-state index is 11.6. The number of hydrogen-bond acceptors (Lipinski definition) is 7. The number of carbonyl (C=O) groups excluding carboxylic acids is 1. The minimum absolute atomic E-state index is 0.0466. The third-order valence-corrected chi connectivity index (χ3v) is 4.10. The van der Waals surface area contributed by atoms with E-state index < -0.39 is 5.91 Å². The van der Waals surface area contributed by atoms with E-state index in [1.807, 2.05) is 0 Å². The lowest BCUT2D eigenvalue weighted by atomic mass is 9.91. The Bertz CT molecular complexity index is 702. The summed E-state index contributed by atoms with van der Waals surface area (Å²) in [5, 5.41) is 11.0. The van der Waals surface area contributed by atoms with E-state index in [9.17, 15) is 4.79 Å². The first kappa shape index (κ1) is 14.8. The molecule has 6 N–H and O–H groups in total. The Morgan fingerprint density at radius 3 is 2.86 bits per heavy atom. The van der Waals surface area contributed by atoms with Gasteiger partial charge in [0.1, 0.15) is 11.9 Å². The summed E-state index contributed by atoms with van der Waals surface area (Å²) in [5.74, 6) is -0.0772. The van der Waals surface area contributed by atoms with Gasteiger partial charge in [-0.2, -0.15) is 4.98 Å². The van der Waals surface area contributed by atoms with Crippen LogP contribution in [0.3, 0.4) is 0 Å². The zero-order chi connectivity index (χ0) is 15.7. The highest BCUT2D eigenvalue weighted by molar-refractivity contribution is 6.25. The molecular formula is C12H17ClN8O. The number of fused-ring (bicyclic) bond motifs is 1. The summed E-state index contributed by atoms with van der Waals surface area (Å²) in [7, 11) is 0. The first-order valence-electron chi connectivity index (χ1n) is 7.04. The molecular weight excluding hydrogens is 308 g/mol. The first-order chi connectivity index (χ1) is 10.6.